The van der Waals surface area contributed by atoms with Crippen molar-refractivity contribution in [1.82, 2.24) is 5.06 Å². The molecule has 15 heavy (non-hydrogen) atoms. The van der Waals surface area contributed by atoms with Gasteiger partial charge in [-0.2, -0.15) is 0 Å². The third kappa shape index (κ3) is 1.57. The normalized spacial score (nSPS) is 30.7. The van der Waals surface area contributed by atoms with Crippen LogP contribution in [-0.2, 0) is 15.7 Å². The van der Waals surface area contributed by atoms with Crippen LogP contribution in [0.25, 0.3) is 0 Å². The van der Waals surface area contributed by atoms with E-state index in [9.17, 15) is 5.21 Å². The van der Waals surface area contributed by atoms with Gasteiger partial charge in [-0.15, -0.1) is 10.3 Å². The first kappa shape index (κ1) is 10.6. The van der Waals surface area contributed by atoms with E-state index in [0.717, 1.165) is 10.6 Å². The summed E-state index contributed by atoms with van der Waals surface area (Å²) >= 11 is 0. The molecule has 1 aromatic carbocycles. The molecule has 81 valence electrons. The summed E-state index contributed by atoms with van der Waals surface area (Å²) < 4.78 is 5.67. The van der Waals surface area contributed by atoms with Gasteiger partial charge in [0, 0.05) is 5.56 Å². The SMILES string of the molecule is CC1(C)COC(C)(c2ccccc2)N1[O]. The lowest BCUT2D eigenvalue weighted by atomic mass is 10.0. The van der Waals surface area contributed by atoms with E-state index in [1.54, 1.807) is 0 Å². The maximum Gasteiger partial charge on any atom is 0.170 e. The molecule has 0 saturated carbocycles. The monoisotopic (exact) mass is 206 g/mol. The van der Waals surface area contributed by atoms with E-state index in [0.29, 0.717) is 6.61 Å². The van der Waals surface area contributed by atoms with Gasteiger partial charge in [-0.05, 0) is 20.8 Å². The summed E-state index contributed by atoms with van der Waals surface area (Å²) in [6.07, 6.45) is 0. The van der Waals surface area contributed by atoms with Crippen LogP contribution in [0.15, 0.2) is 30.3 Å². The maximum atomic E-state index is 12.1. The van der Waals surface area contributed by atoms with Gasteiger partial charge in [-0.1, -0.05) is 30.3 Å². The second-order valence-electron chi connectivity index (χ2n) is 4.74. The molecule has 0 N–H and O–H groups in total. The van der Waals surface area contributed by atoms with Crippen LogP contribution < -0.4 is 0 Å². The lowest BCUT2D eigenvalue weighted by Gasteiger charge is -2.32. The summed E-state index contributed by atoms with van der Waals surface area (Å²) in [4.78, 5) is 0. The first-order valence-corrected chi connectivity index (χ1v) is 5.14. The number of hydrogen-bond acceptors (Lipinski definition) is 2. The van der Waals surface area contributed by atoms with Crippen molar-refractivity contribution >= 4 is 0 Å². The van der Waals surface area contributed by atoms with Gasteiger partial charge in [0.05, 0.1) is 12.1 Å². The van der Waals surface area contributed by atoms with E-state index in [2.05, 4.69) is 0 Å². The smallest absolute Gasteiger partial charge is 0.170 e. The van der Waals surface area contributed by atoms with Gasteiger partial charge in [0.1, 0.15) is 0 Å². The second-order valence-corrected chi connectivity index (χ2v) is 4.74. The molecule has 1 saturated heterocycles. The van der Waals surface area contributed by atoms with Crippen LogP contribution in [0.4, 0.5) is 0 Å². The summed E-state index contributed by atoms with van der Waals surface area (Å²) in [5.41, 5.74) is -0.388. The second kappa shape index (κ2) is 3.30. The van der Waals surface area contributed by atoms with Crippen LogP contribution in [0.1, 0.15) is 26.3 Å². The highest BCUT2D eigenvalue weighted by molar-refractivity contribution is 5.22. The minimum absolute atomic E-state index is 0.454. The average Bonchev–Trinajstić information content (AvgIpc) is 2.45. The van der Waals surface area contributed by atoms with Crippen molar-refractivity contribution in [1.29, 1.82) is 0 Å². The van der Waals surface area contributed by atoms with Gasteiger partial charge in [0.2, 0.25) is 0 Å². The van der Waals surface area contributed by atoms with Gasteiger partial charge in [0.15, 0.2) is 5.72 Å². The van der Waals surface area contributed by atoms with Crippen LogP contribution in [-0.4, -0.2) is 17.2 Å². The Morgan fingerprint density at radius 2 is 1.80 bits per heavy atom. The molecule has 1 atom stereocenters. The Balaban J connectivity index is 2.38. The molecule has 1 aliphatic heterocycles. The van der Waals surface area contributed by atoms with Crippen LogP contribution in [0, 0.1) is 0 Å². The highest BCUT2D eigenvalue weighted by Gasteiger charge is 2.50. The zero-order chi connectivity index (χ0) is 11.1. The fourth-order valence-corrected chi connectivity index (χ4v) is 1.96. The molecule has 1 aromatic rings. The molecule has 1 heterocycles. The largest absolute Gasteiger partial charge is 0.352 e. The molecule has 2 rings (SSSR count). The molecule has 0 aliphatic carbocycles. The molecule has 0 aromatic heterocycles. The maximum absolute atomic E-state index is 12.1. The van der Waals surface area contributed by atoms with Gasteiger partial charge in [0.25, 0.3) is 0 Å². The summed E-state index contributed by atoms with van der Waals surface area (Å²) in [6.45, 7) is 6.08. The van der Waals surface area contributed by atoms with E-state index in [-0.39, 0.29) is 0 Å². The Labute approximate surface area is 90.2 Å². The Morgan fingerprint density at radius 3 is 2.27 bits per heavy atom. The van der Waals surface area contributed by atoms with Crippen LogP contribution in [0.2, 0.25) is 0 Å². The molecule has 0 bridgehead atoms. The Morgan fingerprint density at radius 1 is 1.20 bits per heavy atom. The van der Waals surface area contributed by atoms with E-state index in [1.165, 1.54) is 0 Å². The lowest BCUT2D eigenvalue weighted by molar-refractivity contribution is -0.290. The van der Waals surface area contributed by atoms with Crippen LogP contribution in [0.3, 0.4) is 0 Å². The number of ether oxygens (including phenoxy) is 1. The molecule has 1 radical (unpaired) electrons. The average molecular weight is 206 g/mol. The molecular formula is C12H16NO2. The van der Waals surface area contributed by atoms with Crippen molar-refractivity contribution in [2.45, 2.75) is 32.0 Å². The number of hydrogen-bond donors (Lipinski definition) is 0. The van der Waals surface area contributed by atoms with Crippen LogP contribution in [0.5, 0.6) is 0 Å². The zero-order valence-corrected chi connectivity index (χ0v) is 9.36. The molecule has 1 aliphatic rings. The Bertz CT molecular complexity index is 350. The molecule has 0 amide bonds. The van der Waals surface area contributed by atoms with Crippen molar-refractivity contribution in [3.05, 3.63) is 35.9 Å². The van der Waals surface area contributed by atoms with Gasteiger partial charge in [-0.25, -0.2) is 0 Å². The number of nitrogens with zero attached hydrogens (tertiary/aromatic N) is 1. The summed E-state index contributed by atoms with van der Waals surface area (Å²) in [5, 5.41) is 13.2. The third-order valence-electron chi connectivity index (χ3n) is 2.95. The van der Waals surface area contributed by atoms with E-state index in [1.807, 2.05) is 51.1 Å². The van der Waals surface area contributed by atoms with Crippen molar-refractivity contribution in [3.8, 4) is 0 Å². The standard InChI is InChI=1S/C12H16NO2/c1-11(2)9-15-12(3,13(11)14)10-7-5-4-6-8-10/h4-8H,9H2,1-3H3. The predicted molar refractivity (Wildman–Crippen MR) is 56.4 cm³/mol. The molecule has 3 nitrogen and oxygen atoms in total. The lowest BCUT2D eigenvalue weighted by Crippen LogP contribution is -2.45. The Hall–Kier alpha value is -0.900. The third-order valence-corrected chi connectivity index (χ3v) is 2.95. The summed E-state index contributed by atoms with van der Waals surface area (Å²) in [6, 6.07) is 9.62. The first-order valence-electron chi connectivity index (χ1n) is 5.14. The van der Waals surface area contributed by atoms with Crippen molar-refractivity contribution in [2.24, 2.45) is 0 Å². The van der Waals surface area contributed by atoms with Gasteiger partial charge >= 0.3 is 0 Å². The van der Waals surface area contributed by atoms with Crippen LogP contribution >= 0.6 is 0 Å². The highest BCUT2D eigenvalue weighted by Crippen LogP contribution is 2.40. The fraction of sp³-hybridized carbons (Fsp3) is 0.500. The zero-order valence-electron chi connectivity index (χ0n) is 9.36. The number of hydroxylamine groups is 2. The van der Waals surface area contributed by atoms with E-state index in [4.69, 9.17) is 4.74 Å². The van der Waals surface area contributed by atoms with Gasteiger partial charge in [-0.3, -0.25) is 0 Å². The fourth-order valence-electron chi connectivity index (χ4n) is 1.96. The van der Waals surface area contributed by atoms with Gasteiger partial charge < -0.3 is 4.74 Å². The van der Waals surface area contributed by atoms with Crippen molar-refractivity contribution < 1.29 is 9.94 Å². The topological polar surface area (TPSA) is 32.4 Å². The molecule has 1 unspecified atom stereocenters. The minimum Gasteiger partial charge on any atom is -0.352 e. The van der Waals surface area contributed by atoms with Crippen molar-refractivity contribution in [2.75, 3.05) is 6.61 Å². The van der Waals surface area contributed by atoms with E-state index < -0.39 is 11.3 Å². The number of benzene rings is 1. The van der Waals surface area contributed by atoms with E-state index >= 15 is 0 Å². The Kier molecular flexibility index (Phi) is 2.34. The highest BCUT2D eigenvalue weighted by atomic mass is 16.6. The molecule has 1 fully saturated rings. The first-order chi connectivity index (χ1) is 6.97. The number of rotatable bonds is 1. The molecular weight excluding hydrogens is 190 g/mol. The summed E-state index contributed by atoms with van der Waals surface area (Å²) in [7, 11) is 0. The van der Waals surface area contributed by atoms with Crippen molar-refractivity contribution in [3.63, 3.8) is 0 Å². The quantitative estimate of drug-likeness (QED) is 0.706. The summed E-state index contributed by atoms with van der Waals surface area (Å²) in [5.74, 6) is 0. The molecule has 3 heteroatoms. The predicted octanol–water partition coefficient (Wildman–Crippen LogP) is 2.32. The molecule has 0 spiro atoms. The minimum atomic E-state index is -0.842.